The van der Waals surface area contributed by atoms with Crippen LogP contribution in [0.5, 0.6) is 0 Å². The highest BCUT2D eigenvalue weighted by Gasteiger charge is 2.30. The summed E-state index contributed by atoms with van der Waals surface area (Å²) < 4.78 is 2.08. The molecular weight excluding hydrogens is 232 g/mol. The second kappa shape index (κ2) is 4.52. The average Bonchev–Trinajstić information content (AvgIpc) is 2.74. The molecule has 0 radical (unpaired) electrons. The van der Waals surface area contributed by atoms with E-state index in [-0.39, 0.29) is 10.8 Å². The lowest BCUT2D eigenvalue weighted by molar-refractivity contribution is 0.506. The van der Waals surface area contributed by atoms with Crippen LogP contribution in [0.1, 0.15) is 52.8 Å². The first-order valence-electron chi connectivity index (χ1n) is 6.85. The SMILES string of the molecule is CC(C)(C)c1cnn(-c2ccccc2)c1C(C)(C)C. The molecule has 2 nitrogen and oxygen atoms in total. The fraction of sp³-hybridized carbons (Fsp3) is 0.471. The van der Waals surface area contributed by atoms with Crippen LogP contribution in [0.2, 0.25) is 0 Å². The van der Waals surface area contributed by atoms with E-state index < -0.39 is 0 Å². The van der Waals surface area contributed by atoms with Crippen molar-refractivity contribution in [2.45, 2.75) is 52.4 Å². The van der Waals surface area contributed by atoms with Crippen molar-refractivity contribution in [3.8, 4) is 5.69 Å². The Labute approximate surface area is 116 Å². The van der Waals surface area contributed by atoms with Gasteiger partial charge < -0.3 is 0 Å². The van der Waals surface area contributed by atoms with Gasteiger partial charge in [-0.15, -0.1) is 0 Å². The molecule has 0 amide bonds. The molecule has 0 bridgehead atoms. The van der Waals surface area contributed by atoms with E-state index in [1.54, 1.807) is 0 Å². The van der Waals surface area contributed by atoms with Crippen molar-refractivity contribution in [1.82, 2.24) is 9.78 Å². The van der Waals surface area contributed by atoms with Crippen LogP contribution in [0.4, 0.5) is 0 Å². The van der Waals surface area contributed by atoms with Gasteiger partial charge in [0, 0.05) is 5.41 Å². The summed E-state index contributed by atoms with van der Waals surface area (Å²) in [6.07, 6.45) is 2.02. The maximum absolute atomic E-state index is 4.64. The van der Waals surface area contributed by atoms with Crippen LogP contribution < -0.4 is 0 Å². The van der Waals surface area contributed by atoms with Crippen LogP contribution in [0.15, 0.2) is 36.5 Å². The number of hydrogen-bond donors (Lipinski definition) is 0. The standard InChI is InChI=1S/C17H24N2/c1-16(2,3)14-12-18-19(15(14)17(4,5)6)13-10-8-7-9-11-13/h7-12H,1-6H3. The first-order valence-corrected chi connectivity index (χ1v) is 6.85. The first kappa shape index (κ1) is 13.9. The van der Waals surface area contributed by atoms with E-state index in [2.05, 4.69) is 75.6 Å². The van der Waals surface area contributed by atoms with Crippen molar-refractivity contribution in [1.29, 1.82) is 0 Å². The predicted octanol–water partition coefficient (Wildman–Crippen LogP) is 4.47. The van der Waals surface area contributed by atoms with Crippen molar-refractivity contribution in [2.75, 3.05) is 0 Å². The van der Waals surface area contributed by atoms with E-state index in [1.807, 2.05) is 12.3 Å². The zero-order chi connectivity index (χ0) is 14.3. The number of aromatic nitrogens is 2. The fourth-order valence-electron chi connectivity index (χ4n) is 2.38. The molecule has 2 heteroatoms. The third-order valence-electron chi connectivity index (χ3n) is 3.29. The lowest BCUT2D eigenvalue weighted by Crippen LogP contribution is -2.24. The van der Waals surface area contributed by atoms with E-state index in [4.69, 9.17) is 0 Å². The Hall–Kier alpha value is -1.57. The van der Waals surface area contributed by atoms with Crippen molar-refractivity contribution >= 4 is 0 Å². The van der Waals surface area contributed by atoms with Crippen molar-refractivity contribution in [2.24, 2.45) is 0 Å². The van der Waals surface area contributed by atoms with Crippen LogP contribution >= 0.6 is 0 Å². The summed E-state index contributed by atoms with van der Waals surface area (Å²) in [6.45, 7) is 13.5. The Balaban J connectivity index is 2.68. The molecular formula is C17H24N2. The third-order valence-corrected chi connectivity index (χ3v) is 3.29. The van der Waals surface area contributed by atoms with E-state index in [0.717, 1.165) is 5.69 Å². The summed E-state index contributed by atoms with van der Waals surface area (Å²) >= 11 is 0. The molecule has 2 aromatic rings. The smallest absolute Gasteiger partial charge is 0.0649 e. The molecule has 0 aliphatic heterocycles. The van der Waals surface area contributed by atoms with Gasteiger partial charge in [0.1, 0.15) is 0 Å². The first-order chi connectivity index (χ1) is 8.71. The highest BCUT2D eigenvalue weighted by atomic mass is 15.3. The van der Waals surface area contributed by atoms with Gasteiger partial charge in [0.25, 0.3) is 0 Å². The molecule has 1 aromatic carbocycles. The predicted molar refractivity (Wildman–Crippen MR) is 81.0 cm³/mol. The molecule has 0 aliphatic rings. The third kappa shape index (κ3) is 2.73. The number of hydrogen-bond acceptors (Lipinski definition) is 1. The van der Waals surface area contributed by atoms with E-state index in [0.29, 0.717) is 0 Å². The Kier molecular flexibility index (Phi) is 3.29. The van der Waals surface area contributed by atoms with Gasteiger partial charge in [-0.1, -0.05) is 59.7 Å². The molecule has 0 N–H and O–H groups in total. The van der Waals surface area contributed by atoms with Gasteiger partial charge in [-0.2, -0.15) is 5.10 Å². The van der Waals surface area contributed by atoms with Crippen molar-refractivity contribution in [3.05, 3.63) is 47.8 Å². The van der Waals surface area contributed by atoms with Crippen LogP contribution in [0, 0.1) is 0 Å². The highest BCUT2D eigenvalue weighted by molar-refractivity contribution is 5.40. The summed E-state index contributed by atoms with van der Waals surface area (Å²) in [5, 5.41) is 4.64. The van der Waals surface area contributed by atoms with Gasteiger partial charge in [0.2, 0.25) is 0 Å². The van der Waals surface area contributed by atoms with Crippen molar-refractivity contribution in [3.63, 3.8) is 0 Å². The zero-order valence-corrected chi connectivity index (χ0v) is 12.9. The number of nitrogens with zero attached hydrogens (tertiary/aromatic N) is 2. The highest BCUT2D eigenvalue weighted by Crippen LogP contribution is 2.34. The van der Waals surface area contributed by atoms with E-state index in [1.165, 1.54) is 11.3 Å². The molecule has 0 atom stereocenters. The molecule has 19 heavy (non-hydrogen) atoms. The minimum absolute atomic E-state index is 0.0644. The maximum Gasteiger partial charge on any atom is 0.0649 e. The quantitative estimate of drug-likeness (QED) is 0.736. The Morgan fingerprint density at radius 3 is 1.89 bits per heavy atom. The summed E-state index contributed by atoms with van der Waals surface area (Å²) in [5.41, 5.74) is 3.92. The minimum Gasteiger partial charge on any atom is -0.237 e. The van der Waals surface area contributed by atoms with Gasteiger partial charge in [0.15, 0.2) is 0 Å². The molecule has 1 aromatic heterocycles. The largest absolute Gasteiger partial charge is 0.237 e. The molecule has 1 heterocycles. The maximum atomic E-state index is 4.64. The Morgan fingerprint density at radius 1 is 0.842 bits per heavy atom. The molecule has 0 spiro atoms. The molecule has 0 saturated heterocycles. The van der Waals surface area contributed by atoms with Crippen LogP contribution in [-0.2, 0) is 10.8 Å². The monoisotopic (exact) mass is 256 g/mol. The minimum atomic E-state index is 0.0644. The Morgan fingerprint density at radius 2 is 1.42 bits per heavy atom. The fourth-order valence-corrected chi connectivity index (χ4v) is 2.38. The van der Waals surface area contributed by atoms with Gasteiger partial charge in [0.05, 0.1) is 17.6 Å². The van der Waals surface area contributed by atoms with Crippen LogP contribution in [0.25, 0.3) is 5.69 Å². The van der Waals surface area contributed by atoms with Gasteiger partial charge in [-0.25, -0.2) is 4.68 Å². The number of benzene rings is 1. The average molecular weight is 256 g/mol. The lowest BCUT2D eigenvalue weighted by Gasteiger charge is -2.27. The van der Waals surface area contributed by atoms with Crippen LogP contribution in [0.3, 0.4) is 0 Å². The van der Waals surface area contributed by atoms with Gasteiger partial charge >= 0.3 is 0 Å². The molecule has 102 valence electrons. The normalized spacial score (nSPS) is 12.7. The van der Waals surface area contributed by atoms with Gasteiger partial charge in [-0.05, 0) is 23.1 Å². The lowest BCUT2D eigenvalue weighted by atomic mass is 9.79. The zero-order valence-electron chi connectivity index (χ0n) is 12.9. The summed E-state index contributed by atoms with van der Waals surface area (Å²) in [6, 6.07) is 10.4. The second-order valence-corrected chi connectivity index (χ2v) is 7.15. The summed E-state index contributed by atoms with van der Waals surface area (Å²) in [5.74, 6) is 0. The van der Waals surface area contributed by atoms with E-state index >= 15 is 0 Å². The summed E-state index contributed by atoms with van der Waals surface area (Å²) in [7, 11) is 0. The topological polar surface area (TPSA) is 17.8 Å². The molecule has 0 saturated carbocycles. The number of rotatable bonds is 1. The van der Waals surface area contributed by atoms with Crippen molar-refractivity contribution < 1.29 is 0 Å². The molecule has 0 aliphatic carbocycles. The number of para-hydroxylation sites is 1. The van der Waals surface area contributed by atoms with E-state index in [9.17, 15) is 0 Å². The Bertz CT molecular complexity index is 551. The molecule has 0 fully saturated rings. The van der Waals surface area contributed by atoms with Crippen LogP contribution in [-0.4, -0.2) is 9.78 Å². The molecule has 2 rings (SSSR count). The van der Waals surface area contributed by atoms with Gasteiger partial charge in [-0.3, -0.25) is 0 Å². The molecule has 0 unspecified atom stereocenters. The summed E-state index contributed by atoms with van der Waals surface area (Å²) in [4.78, 5) is 0. The second-order valence-electron chi connectivity index (χ2n) is 7.15.